The number of ether oxygens (including phenoxy) is 3. The van der Waals surface area contributed by atoms with Crippen LogP contribution >= 0.6 is 39.1 Å². The molecule has 0 unspecified atom stereocenters. The molecule has 47 heavy (non-hydrogen) atoms. The third-order valence-corrected chi connectivity index (χ3v) is 9.02. The number of rotatable bonds is 15. The maximum Gasteiger partial charge on any atom is 0.266 e. The molecule has 1 aliphatic heterocycles. The molecule has 4 aromatic rings. The van der Waals surface area contributed by atoms with Crippen LogP contribution in [0, 0.1) is 0 Å². The van der Waals surface area contributed by atoms with Crippen molar-refractivity contribution < 1.29 is 24.1 Å². The number of para-hydroxylation sites is 1. The molecule has 0 bridgehead atoms. The van der Waals surface area contributed by atoms with Crippen molar-refractivity contribution >= 4 is 50.9 Å². The summed E-state index contributed by atoms with van der Waals surface area (Å²) in [5, 5.41) is 9.90. The molecule has 8 nitrogen and oxygen atoms in total. The van der Waals surface area contributed by atoms with Gasteiger partial charge in [-0.25, -0.2) is 10.4 Å². The summed E-state index contributed by atoms with van der Waals surface area (Å²) >= 11 is 16.7. The number of benzene rings is 4. The minimum atomic E-state index is -1.47. The first kappa shape index (κ1) is 34.7. The van der Waals surface area contributed by atoms with Crippen molar-refractivity contribution in [1.82, 2.24) is 10.9 Å². The second kappa shape index (κ2) is 16.5. The lowest BCUT2D eigenvalue weighted by molar-refractivity contribution is -0.130. The van der Waals surface area contributed by atoms with Gasteiger partial charge < -0.3 is 19.3 Å². The highest BCUT2D eigenvalue weighted by Gasteiger charge is 2.54. The summed E-state index contributed by atoms with van der Waals surface area (Å²) in [6, 6.07) is 27.9. The molecule has 0 spiro atoms. The smallest absolute Gasteiger partial charge is 0.266 e. The fourth-order valence-corrected chi connectivity index (χ4v) is 6.29. The standard InChI is InChI=1S/C36H36BrCl2N3O5/c1-2-45-32-11-6-4-8-24(32)18-19-40-42-35(44)36(23-26-9-3-5-10-30(26)37)33(29-17-14-27(38)22-31(29)39)47-34(41-36)25-12-15-28(16-13-25)46-21-7-20-43/h3-6,8-17,22,33,40,43H,2,7,18-21,23H2,1H3,(H,42,44)/t33-,36-/m0/s1. The van der Waals surface area contributed by atoms with Crippen LogP contribution in [0.15, 0.2) is 100 Å². The molecule has 1 amide bonds. The molecular formula is C36H36BrCl2N3O5. The van der Waals surface area contributed by atoms with Gasteiger partial charge in [-0.2, -0.15) is 0 Å². The topological polar surface area (TPSA) is 101 Å². The Balaban J connectivity index is 1.49. The van der Waals surface area contributed by atoms with E-state index >= 15 is 0 Å². The molecule has 11 heteroatoms. The quantitative estimate of drug-likeness (QED) is 0.0876. The molecule has 3 N–H and O–H groups in total. The highest BCUT2D eigenvalue weighted by molar-refractivity contribution is 9.10. The monoisotopic (exact) mass is 739 g/mol. The average molecular weight is 742 g/mol. The maximum atomic E-state index is 14.5. The Kier molecular flexibility index (Phi) is 12.2. The third-order valence-electron chi connectivity index (χ3n) is 7.69. The second-order valence-electron chi connectivity index (χ2n) is 10.9. The molecule has 1 aliphatic rings. The van der Waals surface area contributed by atoms with Gasteiger partial charge in [0.1, 0.15) is 11.5 Å². The molecule has 2 atom stereocenters. The van der Waals surface area contributed by atoms with E-state index in [9.17, 15) is 4.79 Å². The first-order valence-electron chi connectivity index (χ1n) is 15.4. The van der Waals surface area contributed by atoms with Crippen LogP contribution in [0.25, 0.3) is 0 Å². The van der Waals surface area contributed by atoms with Gasteiger partial charge in [0.25, 0.3) is 5.91 Å². The molecule has 0 aromatic heterocycles. The molecule has 1 heterocycles. The number of aliphatic hydroxyl groups is 1. The van der Waals surface area contributed by atoms with Gasteiger partial charge in [-0.15, -0.1) is 0 Å². The zero-order valence-electron chi connectivity index (χ0n) is 25.8. The van der Waals surface area contributed by atoms with E-state index in [0.717, 1.165) is 21.3 Å². The third kappa shape index (κ3) is 8.47. The van der Waals surface area contributed by atoms with Gasteiger partial charge in [-0.1, -0.05) is 81.6 Å². The van der Waals surface area contributed by atoms with Crippen LogP contribution in [-0.2, 0) is 22.4 Å². The normalized spacial score (nSPS) is 17.1. The van der Waals surface area contributed by atoms with Gasteiger partial charge in [0.15, 0.2) is 11.6 Å². The van der Waals surface area contributed by atoms with Gasteiger partial charge in [0, 0.05) is 51.6 Å². The van der Waals surface area contributed by atoms with Crippen LogP contribution in [0.2, 0.25) is 10.0 Å². The van der Waals surface area contributed by atoms with E-state index in [2.05, 4.69) is 26.8 Å². The van der Waals surface area contributed by atoms with E-state index < -0.39 is 11.6 Å². The lowest BCUT2D eigenvalue weighted by Crippen LogP contribution is -2.54. The predicted octanol–water partition coefficient (Wildman–Crippen LogP) is 7.28. The van der Waals surface area contributed by atoms with Crippen LogP contribution in [0.1, 0.15) is 41.7 Å². The number of aliphatic hydroxyl groups excluding tert-OH is 1. The van der Waals surface area contributed by atoms with Crippen molar-refractivity contribution in [2.45, 2.75) is 37.8 Å². The van der Waals surface area contributed by atoms with Crippen LogP contribution in [0.4, 0.5) is 0 Å². The number of hydrogen-bond acceptors (Lipinski definition) is 7. The second-order valence-corrected chi connectivity index (χ2v) is 12.6. The molecule has 5 rings (SSSR count). The molecule has 0 saturated carbocycles. The van der Waals surface area contributed by atoms with Crippen LogP contribution in [0.3, 0.4) is 0 Å². The molecular weight excluding hydrogens is 705 g/mol. The van der Waals surface area contributed by atoms with E-state index in [-0.39, 0.29) is 24.8 Å². The van der Waals surface area contributed by atoms with Gasteiger partial charge >= 0.3 is 0 Å². The van der Waals surface area contributed by atoms with Crippen molar-refractivity contribution in [2.24, 2.45) is 4.99 Å². The number of nitrogens with zero attached hydrogens (tertiary/aromatic N) is 1. The van der Waals surface area contributed by atoms with Crippen LogP contribution in [-0.4, -0.2) is 48.8 Å². The number of amides is 1. The van der Waals surface area contributed by atoms with Crippen molar-refractivity contribution in [3.05, 3.63) is 128 Å². The highest BCUT2D eigenvalue weighted by Crippen LogP contribution is 2.45. The van der Waals surface area contributed by atoms with Crippen LogP contribution < -0.4 is 20.3 Å². The summed E-state index contributed by atoms with van der Waals surface area (Å²) < 4.78 is 18.9. The Bertz CT molecular complexity index is 1700. The van der Waals surface area contributed by atoms with Crippen LogP contribution in [0.5, 0.6) is 11.5 Å². The zero-order chi connectivity index (χ0) is 33.2. The lowest BCUT2D eigenvalue weighted by atomic mass is 9.82. The van der Waals surface area contributed by atoms with Crippen molar-refractivity contribution in [2.75, 3.05) is 26.4 Å². The number of aliphatic imine (C=N–C) groups is 1. The SMILES string of the molecule is CCOc1ccccc1CCNNC(=O)[C@@]1(Cc2ccccc2Br)N=C(c2ccc(OCCCO)cc2)O[C@H]1c1ccc(Cl)cc1Cl. The van der Waals surface area contributed by atoms with E-state index in [4.69, 9.17) is 47.5 Å². The van der Waals surface area contributed by atoms with Gasteiger partial charge in [0.05, 0.1) is 13.2 Å². The maximum absolute atomic E-state index is 14.5. The van der Waals surface area contributed by atoms with E-state index in [1.54, 1.807) is 30.3 Å². The van der Waals surface area contributed by atoms with Gasteiger partial charge in [-0.3, -0.25) is 10.2 Å². The molecule has 246 valence electrons. The Labute approximate surface area is 293 Å². The predicted molar refractivity (Wildman–Crippen MR) is 189 cm³/mol. The minimum Gasteiger partial charge on any atom is -0.494 e. The van der Waals surface area contributed by atoms with Crippen molar-refractivity contribution in [1.29, 1.82) is 0 Å². The summed E-state index contributed by atoms with van der Waals surface area (Å²) in [6.45, 7) is 3.40. The first-order chi connectivity index (χ1) is 22.8. The Morgan fingerprint density at radius 2 is 1.74 bits per heavy atom. The summed E-state index contributed by atoms with van der Waals surface area (Å²) in [6.07, 6.45) is 0.457. The van der Waals surface area contributed by atoms with E-state index in [0.29, 0.717) is 59.5 Å². The number of carbonyl (C=O) groups excluding carboxylic acids is 1. The summed E-state index contributed by atoms with van der Waals surface area (Å²) in [7, 11) is 0. The molecule has 4 aromatic carbocycles. The number of hydrazine groups is 1. The van der Waals surface area contributed by atoms with Gasteiger partial charge in [0.2, 0.25) is 5.90 Å². The number of carbonyl (C=O) groups is 1. The van der Waals surface area contributed by atoms with E-state index in [1.165, 1.54) is 0 Å². The molecule has 0 fully saturated rings. The number of halogens is 3. The van der Waals surface area contributed by atoms with Crippen molar-refractivity contribution in [3.63, 3.8) is 0 Å². The zero-order valence-corrected chi connectivity index (χ0v) is 28.9. The summed E-state index contributed by atoms with van der Waals surface area (Å²) in [5.41, 5.74) is 7.69. The average Bonchev–Trinajstić information content (AvgIpc) is 3.45. The Morgan fingerprint density at radius 3 is 2.47 bits per heavy atom. The van der Waals surface area contributed by atoms with Gasteiger partial charge in [-0.05, 0) is 73.0 Å². The lowest BCUT2D eigenvalue weighted by Gasteiger charge is -2.31. The first-order valence-corrected chi connectivity index (χ1v) is 16.9. The fraction of sp³-hybridized carbons (Fsp3) is 0.278. The highest BCUT2D eigenvalue weighted by atomic mass is 79.9. The molecule has 0 aliphatic carbocycles. The Morgan fingerprint density at radius 1 is 1.00 bits per heavy atom. The van der Waals surface area contributed by atoms with Crippen molar-refractivity contribution in [3.8, 4) is 11.5 Å². The molecule has 0 saturated heterocycles. The number of nitrogens with one attached hydrogen (secondary N) is 2. The fourth-order valence-electron chi connectivity index (χ4n) is 5.36. The number of hydrogen-bond donors (Lipinski definition) is 3. The molecule has 0 radical (unpaired) electrons. The summed E-state index contributed by atoms with van der Waals surface area (Å²) in [5.74, 6) is 1.36. The Hall–Kier alpha value is -3.60. The minimum absolute atomic E-state index is 0.0501. The summed E-state index contributed by atoms with van der Waals surface area (Å²) in [4.78, 5) is 19.6. The van der Waals surface area contributed by atoms with E-state index in [1.807, 2.05) is 67.6 Å². The largest absolute Gasteiger partial charge is 0.494 e.